The lowest BCUT2D eigenvalue weighted by Crippen LogP contribution is -2.21. The molecule has 0 bridgehead atoms. The fourth-order valence-electron chi connectivity index (χ4n) is 4.12. The summed E-state index contributed by atoms with van der Waals surface area (Å²) >= 11 is 0. The van der Waals surface area contributed by atoms with Crippen molar-refractivity contribution in [3.05, 3.63) is 88.5 Å². The van der Waals surface area contributed by atoms with Crippen molar-refractivity contribution in [1.29, 1.82) is 0 Å². The van der Waals surface area contributed by atoms with Gasteiger partial charge in [0.15, 0.2) is 0 Å². The second kappa shape index (κ2) is 11.4. The highest BCUT2D eigenvalue weighted by molar-refractivity contribution is 5.72. The number of hydrogen-bond donors (Lipinski definition) is 1. The van der Waals surface area contributed by atoms with Crippen LogP contribution in [0.4, 0.5) is 8.78 Å². The molecular weight excluding hydrogens is 418 g/mol. The third kappa shape index (κ3) is 6.42. The minimum Gasteiger partial charge on any atom is -0.429 e. The Morgan fingerprint density at radius 1 is 0.788 bits per heavy atom. The fourth-order valence-corrected chi connectivity index (χ4v) is 4.12. The van der Waals surface area contributed by atoms with Gasteiger partial charge in [-0.15, -0.1) is 0 Å². The zero-order valence-electron chi connectivity index (χ0n) is 19.8. The molecule has 0 radical (unpaired) electrons. The third-order valence-electron chi connectivity index (χ3n) is 6.06. The summed E-state index contributed by atoms with van der Waals surface area (Å²) in [5.41, 5.74) is 6.51. The Bertz CT molecular complexity index is 1040. The molecule has 0 aliphatic rings. The summed E-state index contributed by atoms with van der Waals surface area (Å²) in [6.07, 6.45) is 2.14. The zero-order chi connectivity index (χ0) is 23.8. The standard InChI is InChI=1S/C29H34F2O2/c1-4-23-19-22(9-7-6-8-18-32)12-16-27(23)28-17-15-26(20-24(28)5-2)33-29(30,31)25-13-10-21(3)11-14-25/h10-17,19-20,32H,4-9,18H2,1-3H3. The van der Waals surface area contributed by atoms with Crippen LogP contribution in [0.5, 0.6) is 5.75 Å². The highest BCUT2D eigenvalue weighted by Crippen LogP contribution is 2.36. The number of alkyl halides is 2. The first-order chi connectivity index (χ1) is 15.9. The van der Waals surface area contributed by atoms with E-state index in [4.69, 9.17) is 9.84 Å². The topological polar surface area (TPSA) is 29.5 Å². The van der Waals surface area contributed by atoms with Gasteiger partial charge in [-0.2, -0.15) is 8.78 Å². The summed E-state index contributed by atoms with van der Waals surface area (Å²) in [5.74, 6) is 0.166. The summed E-state index contributed by atoms with van der Waals surface area (Å²) in [4.78, 5) is 0. The van der Waals surface area contributed by atoms with Crippen LogP contribution in [-0.4, -0.2) is 11.7 Å². The lowest BCUT2D eigenvalue weighted by Gasteiger charge is -2.20. The molecule has 0 amide bonds. The molecule has 3 rings (SSSR count). The third-order valence-corrected chi connectivity index (χ3v) is 6.06. The normalized spacial score (nSPS) is 11.6. The number of aliphatic hydroxyl groups is 1. The monoisotopic (exact) mass is 452 g/mol. The molecule has 0 fully saturated rings. The summed E-state index contributed by atoms with van der Waals surface area (Å²) in [7, 11) is 0. The largest absolute Gasteiger partial charge is 0.429 e. The summed E-state index contributed by atoms with van der Waals surface area (Å²) in [5, 5.41) is 8.96. The van der Waals surface area contributed by atoms with Gasteiger partial charge in [-0.3, -0.25) is 0 Å². The first-order valence-electron chi connectivity index (χ1n) is 11.9. The summed E-state index contributed by atoms with van der Waals surface area (Å²) in [6, 6.07) is 18.0. The fraction of sp³-hybridized carbons (Fsp3) is 0.379. The first kappa shape index (κ1) is 24.9. The van der Waals surface area contributed by atoms with Crippen LogP contribution in [0.25, 0.3) is 11.1 Å². The van der Waals surface area contributed by atoms with Gasteiger partial charge in [-0.1, -0.05) is 62.2 Å². The predicted molar refractivity (Wildman–Crippen MR) is 131 cm³/mol. The Morgan fingerprint density at radius 3 is 2.06 bits per heavy atom. The number of halogens is 2. The summed E-state index contributed by atoms with van der Waals surface area (Å²) < 4.78 is 34.6. The maximum absolute atomic E-state index is 14.7. The Morgan fingerprint density at radius 2 is 1.42 bits per heavy atom. The van der Waals surface area contributed by atoms with E-state index in [0.717, 1.165) is 54.4 Å². The molecule has 0 atom stereocenters. The van der Waals surface area contributed by atoms with Crippen molar-refractivity contribution in [2.45, 2.75) is 65.4 Å². The highest BCUT2D eigenvalue weighted by Gasteiger charge is 2.34. The van der Waals surface area contributed by atoms with E-state index in [-0.39, 0.29) is 17.9 Å². The lowest BCUT2D eigenvalue weighted by molar-refractivity contribution is -0.185. The molecule has 0 unspecified atom stereocenters. The summed E-state index contributed by atoms with van der Waals surface area (Å²) in [6.45, 7) is 6.28. The zero-order valence-corrected chi connectivity index (χ0v) is 19.8. The molecule has 0 saturated heterocycles. The van der Waals surface area contributed by atoms with Crippen LogP contribution in [0, 0.1) is 6.92 Å². The van der Waals surface area contributed by atoms with Gasteiger partial charge in [-0.05, 0) is 91.1 Å². The smallest absolute Gasteiger partial charge is 0.426 e. The van der Waals surface area contributed by atoms with Crippen LogP contribution in [0.15, 0.2) is 60.7 Å². The van der Waals surface area contributed by atoms with E-state index in [1.807, 2.05) is 19.9 Å². The van der Waals surface area contributed by atoms with Crippen molar-refractivity contribution in [2.75, 3.05) is 6.61 Å². The molecule has 2 nitrogen and oxygen atoms in total. The molecule has 0 aromatic heterocycles. The predicted octanol–water partition coefficient (Wildman–Crippen LogP) is 7.62. The quantitative estimate of drug-likeness (QED) is 0.303. The molecule has 33 heavy (non-hydrogen) atoms. The Labute approximate surface area is 196 Å². The van der Waals surface area contributed by atoms with Gasteiger partial charge in [-0.25, -0.2) is 0 Å². The van der Waals surface area contributed by atoms with Gasteiger partial charge in [0.05, 0.1) is 5.56 Å². The minimum absolute atomic E-state index is 0.155. The number of hydrogen-bond acceptors (Lipinski definition) is 2. The van der Waals surface area contributed by atoms with E-state index < -0.39 is 6.11 Å². The van der Waals surface area contributed by atoms with Crippen LogP contribution in [-0.2, 0) is 25.4 Å². The number of aliphatic hydroxyl groups excluding tert-OH is 1. The molecule has 0 aliphatic heterocycles. The molecule has 1 N–H and O–H groups in total. The Hall–Kier alpha value is -2.72. The molecule has 3 aromatic rings. The minimum atomic E-state index is -3.40. The molecule has 0 spiro atoms. The molecular formula is C29H34F2O2. The van der Waals surface area contributed by atoms with Crippen molar-refractivity contribution in [2.24, 2.45) is 0 Å². The number of aryl methyl sites for hydroxylation is 4. The molecule has 3 aromatic carbocycles. The van der Waals surface area contributed by atoms with Crippen molar-refractivity contribution in [1.82, 2.24) is 0 Å². The number of rotatable bonds is 11. The average Bonchev–Trinajstić information content (AvgIpc) is 2.81. The van der Waals surface area contributed by atoms with E-state index in [1.165, 1.54) is 23.3 Å². The van der Waals surface area contributed by atoms with E-state index in [0.29, 0.717) is 6.42 Å². The van der Waals surface area contributed by atoms with Gasteiger partial charge < -0.3 is 9.84 Å². The highest BCUT2D eigenvalue weighted by atomic mass is 19.3. The molecule has 4 heteroatoms. The second-order valence-corrected chi connectivity index (χ2v) is 8.54. The van der Waals surface area contributed by atoms with E-state index in [9.17, 15) is 8.78 Å². The molecule has 0 saturated carbocycles. The van der Waals surface area contributed by atoms with Crippen LogP contribution >= 0.6 is 0 Å². The Balaban J connectivity index is 1.84. The van der Waals surface area contributed by atoms with Crippen molar-refractivity contribution >= 4 is 0 Å². The Kier molecular flexibility index (Phi) is 8.62. The molecule has 0 heterocycles. The van der Waals surface area contributed by atoms with E-state index in [2.05, 4.69) is 25.1 Å². The molecule has 0 aliphatic carbocycles. The van der Waals surface area contributed by atoms with Gasteiger partial charge in [0, 0.05) is 6.61 Å². The van der Waals surface area contributed by atoms with Crippen LogP contribution in [0.3, 0.4) is 0 Å². The van der Waals surface area contributed by atoms with Gasteiger partial charge >= 0.3 is 6.11 Å². The second-order valence-electron chi connectivity index (χ2n) is 8.54. The van der Waals surface area contributed by atoms with Crippen molar-refractivity contribution in [3.63, 3.8) is 0 Å². The van der Waals surface area contributed by atoms with Gasteiger partial charge in [0.25, 0.3) is 0 Å². The van der Waals surface area contributed by atoms with Crippen molar-refractivity contribution < 1.29 is 18.6 Å². The van der Waals surface area contributed by atoms with E-state index >= 15 is 0 Å². The first-order valence-corrected chi connectivity index (χ1v) is 11.9. The van der Waals surface area contributed by atoms with Crippen molar-refractivity contribution in [3.8, 4) is 16.9 Å². The van der Waals surface area contributed by atoms with Gasteiger partial charge in [0.1, 0.15) is 5.75 Å². The number of benzene rings is 3. The SMILES string of the molecule is CCc1cc(CCCCCO)ccc1-c1ccc(OC(F)(F)c2ccc(C)cc2)cc1CC. The van der Waals surface area contributed by atoms with Crippen LogP contribution < -0.4 is 4.74 Å². The van der Waals surface area contributed by atoms with Gasteiger partial charge in [0.2, 0.25) is 0 Å². The maximum Gasteiger partial charge on any atom is 0.426 e. The number of ether oxygens (including phenoxy) is 1. The average molecular weight is 453 g/mol. The van der Waals surface area contributed by atoms with E-state index in [1.54, 1.807) is 24.3 Å². The lowest BCUT2D eigenvalue weighted by atomic mass is 9.91. The maximum atomic E-state index is 14.7. The van der Waals surface area contributed by atoms with Crippen LogP contribution in [0.2, 0.25) is 0 Å². The van der Waals surface area contributed by atoms with Crippen LogP contribution in [0.1, 0.15) is 60.9 Å². The number of unbranched alkanes of at least 4 members (excludes halogenated alkanes) is 2. The molecule has 176 valence electrons.